The van der Waals surface area contributed by atoms with E-state index >= 15 is 0 Å². The van der Waals surface area contributed by atoms with Crippen molar-refractivity contribution in [2.24, 2.45) is 5.10 Å². The van der Waals surface area contributed by atoms with Crippen molar-refractivity contribution in [3.63, 3.8) is 0 Å². The summed E-state index contributed by atoms with van der Waals surface area (Å²) >= 11 is 3.53. The van der Waals surface area contributed by atoms with Crippen LogP contribution in [-0.2, 0) is 9.53 Å². The Balaban J connectivity index is 1.61. The van der Waals surface area contributed by atoms with Gasteiger partial charge in [-0.3, -0.25) is 4.79 Å². The van der Waals surface area contributed by atoms with E-state index < -0.39 is 12.1 Å². The van der Waals surface area contributed by atoms with Gasteiger partial charge in [0.1, 0.15) is 5.58 Å². The first-order valence-electron chi connectivity index (χ1n) is 12.2. The number of furan rings is 1. The largest absolute Gasteiger partial charge is 0.490 e. The molecule has 0 saturated carbocycles. The Morgan fingerprint density at radius 2 is 1.90 bits per heavy atom. The van der Waals surface area contributed by atoms with Crippen LogP contribution in [0.15, 0.2) is 85.5 Å². The van der Waals surface area contributed by atoms with E-state index in [9.17, 15) is 9.59 Å². The van der Waals surface area contributed by atoms with Crippen molar-refractivity contribution in [2.45, 2.75) is 20.0 Å². The molecule has 5 rings (SSSR count). The molecule has 0 radical (unpaired) electrons. The molecule has 0 amide bonds. The molecule has 0 N–H and O–H groups in total. The molecule has 10 heteroatoms. The van der Waals surface area contributed by atoms with Gasteiger partial charge in [-0.1, -0.05) is 30.3 Å². The summed E-state index contributed by atoms with van der Waals surface area (Å²) in [7, 11) is 1.30. The average molecular weight is 590 g/mol. The standard InChI is InChI=1S/C29H24BrN3O6/c1-4-37-24-14-19(21(30)15-25(24)38-17(2)29(35)36-3)16-31-33-27(26-13-18-9-5-8-12-23(18)39-26)32-22-11-7-6-10-20(22)28(33)34/h5-17H,4H2,1-3H3/t17-/m1/s1. The van der Waals surface area contributed by atoms with Crippen LogP contribution in [0.1, 0.15) is 19.4 Å². The van der Waals surface area contributed by atoms with Gasteiger partial charge in [-0.2, -0.15) is 9.78 Å². The number of methoxy groups -OCH3 is 1. The van der Waals surface area contributed by atoms with Crippen LogP contribution in [0.3, 0.4) is 0 Å². The average Bonchev–Trinajstić information content (AvgIpc) is 3.38. The molecule has 0 aliphatic heterocycles. The number of carbonyl (C=O) groups is 1. The maximum Gasteiger partial charge on any atom is 0.346 e. The summed E-state index contributed by atoms with van der Waals surface area (Å²) in [5.74, 6) is 0.913. The van der Waals surface area contributed by atoms with E-state index in [-0.39, 0.29) is 11.4 Å². The fourth-order valence-electron chi connectivity index (χ4n) is 4.02. The van der Waals surface area contributed by atoms with Crippen molar-refractivity contribution in [3.05, 3.63) is 87.1 Å². The van der Waals surface area contributed by atoms with Crippen molar-refractivity contribution in [2.75, 3.05) is 13.7 Å². The van der Waals surface area contributed by atoms with Crippen LogP contribution in [-0.4, -0.2) is 41.7 Å². The second kappa shape index (κ2) is 11.1. The second-order valence-corrected chi connectivity index (χ2v) is 9.35. The van der Waals surface area contributed by atoms with E-state index in [2.05, 4.69) is 21.0 Å². The van der Waals surface area contributed by atoms with Gasteiger partial charge in [0.2, 0.25) is 5.82 Å². The van der Waals surface area contributed by atoms with E-state index in [0.717, 1.165) is 5.39 Å². The first kappa shape index (κ1) is 26.2. The highest BCUT2D eigenvalue weighted by Crippen LogP contribution is 2.34. The minimum absolute atomic E-state index is 0.263. The maximum atomic E-state index is 13.5. The Morgan fingerprint density at radius 1 is 1.13 bits per heavy atom. The number of hydrogen-bond acceptors (Lipinski definition) is 8. The fraction of sp³-hybridized carbons (Fsp3) is 0.172. The number of ether oxygens (including phenoxy) is 3. The molecular formula is C29H24BrN3O6. The predicted molar refractivity (Wildman–Crippen MR) is 152 cm³/mol. The zero-order valence-corrected chi connectivity index (χ0v) is 23.0. The van der Waals surface area contributed by atoms with Crippen LogP contribution in [0, 0.1) is 0 Å². The number of benzene rings is 3. The summed E-state index contributed by atoms with van der Waals surface area (Å²) in [4.78, 5) is 30.1. The Morgan fingerprint density at radius 3 is 2.67 bits per heavy atom. The Bertz CT molecular complexity index is 1740. The van der Waals surface area contributed by atoms with Crippen LogP contribution in [0.5, 0.6) is 11.5 Å². The summed E-state index contributed by atoms with van der Waals surface area (Å²) in [5.41, 5.74) is 1.46. The van der Waals surface area contributed by atoms with Gasteiger partial charge in [0, 0.05) is 15.4 Å². The molecule has 2 aromatic heterocycles. The normalized spacial score (nSPS) is 12.2. The van der Waals surface area contributed by atoms with Crippen LogP contribution < -0.4 is 15.0 Å². The highest BCUT2D eigenvalue weighted by molar-refractivity contribution is 9.10. The molecule has 2 heterocycles. The van der Waals surface area contributed by atoms with Crippen LogP contribution in [0.4, 0.5) is 0 Å². The predicted octanol–water partition coefficient (Wildman–Crippen LogP) is 5.79. The number of fused-ring (bicyclic) bond motifs is 2. The Kier molecular flexibility index (Phi) is 7.47. The number of aromatic nitrogens is 2. The molecule has 39 heavy (non-hydrogen) atoms. The molecule has 198 valence electrons. The smallest absolute Gasteiger partial charge is 0.346 e. The molecule has 0 fully saturated rings. The topological polar surface area (TPSA) is 105 Å². The molecule has 3 aromatic carbocycles. The third-order valence-corrected chi connectivity index (χ3v) is 6.60. The van der Waals surface area contributed by atoms with Crippen LogP contribution in [0.2, 0.25) is 0 Å². The van der Waals surface area contributed by atoms with Gasteiger partial charge in [0.15, 0.2) is 23.4 Å². The molecule has 9 nitrogen and oxygen atoms in total. The number of nitrogens with zero attached hydrogens (tertiary/aromatic N) is 3. The molecule has 0 unspecified atom stereocenters. The van der Waals surface area contributed by atoms with Crippen LogP contribution >= 0.6 is 15.9 Å². The van der Waals surface area contributed by atoms with E-state index in [0.29, 0.717) is 50.4 Å². The van der Waals surface area contributed by atoms with Crippen molar-refractivity contribution in [1.82, 2.24) is 9.66 Å². The van der Waals surface area contributed by atoms with Crippen molar-refractivity contribution >= 4 is 50.0 Å². The third kappa shape index (κ3) is 5.28. The third-order valence-electron chi connectivity index (χ3n) is 5.91. The summed E-state index contributed by atoms with van der Waals surface area (Å²) in [6, 6.07) is 19.8. The number of para-hydroxylation sites is 2. The van der Waals surface area contributed by atoms with Gasteiger partial charge in [0.25, 0.3) is 5.56 Å². The fourth-order valence-corrected chi connectivity index (χ4v) is 4.44. The lowest BCUT2D eigenvalue weighted by Gasteiger charge is -2.17. The minimum Gasteiger partial charge on any atom is -0.490 e. The Hall–Kier alpha value is -4.44. The van der Waals surface area contributed by atoms with Gasteiger partial charge in [-0.05, 0) is 66.2 Å². The lowest BCUT2D eigenvalue weighted by atomic mass is 10.2. The molecular weight excluding hydrogens is 566 g/mol. The number of hydrogen-bond donors (Lipinski definition) is 0. The van der Waals surface area contributed by atoms with E-state index in [4.69, 9.17) is 23.6 Å². The summed E-state index contributed by atoms with van der Waals surface area (Å²) in [5, 5.41) is 5.82. The molecule has 0 aliphatic carbocycles. The van der Waals surface area contributed by atoms with Crippen LogP contribution in [0.25, 0.3) is 33.5 Å². The van der Waals surface area contributed by atoms with Crippen molar-refractivity contribution in [1.29, 1.82) is 0 Å². The zero-order chi connectivity index (χ0) is 27.5. The first-order valence-corrected chi connectivity index (χ1v) is 12.9. The molecule has 5 aromatic rings. The first-order chi connectivity index (χ1) is 18.9. The number of rotatable bonds is 8. The van der Waals surface area contributed by atoms with Gasteiger partial charge < -0.3 is 18.6 Å². The minimum atomic E-state index is -0.839. The van der Waals surface area contributed by atoms with Gasteiger partial charge >= 0.3 is 5.97 Å². The molecule has 0 bridgehead atoms. The van der Waals surface area contributed by atoms with E-state index in [1.54, 1.807) is 37.3 Å². The van der Waals surface area contributed by atoms with Crippen molar-refractivity contribution < 1.29 is 23.4 Å². The Labute approximate surface area is 231 Å². The highest BCUT2D eigenvalue weighted by atomic mass is 79.9. The highest BCUT2D eigenvalue weighted by Gasteiger charge is 2.20. The molecule has 0 aliphatic rings. The second-order valence-electron chi connectivity index (χ2n) is 8.50. The number of halogens is 1. The van der Waals surface area contributed by atoms with Gasteiger partial charge in [-0.25, -0.2) is 9.78 Å². The summed E-state index contributed by atoms with van der Waals surface area (Å²) in [6.07, 6.45) is 0.679. The molecule has 0 spiro atoms. The lowest BCUT2D eigenvalue weighted by molar-refractivity contribution is -0.147. The summed E-state index contributed by atoms with van der Waals surface area (Å²) in [6.45, 7) is 3.79. The van der Waals surface area contributed by atoms with E-state index in [1.165, 1.54) is 18.0 Å². The van der Waals surface area contributed by atoms with Crippen molar-refractivity contribution in [3.8, 4) is 23.1 Å². The lowest BCUT2D eigenvalue weighted by Crippen LogP contribution is -2.25. The SMILES string of the molecule is CCOc1cc(C=Nn2c(-c3cc4ccccc4o3)nc3ccccc3c2=O)c(Br)cc1O[C@H](C)C(=O)OC. The van der Waals surface area contributed by atoms with E-state index in [1.807, 2.05) is 43.3 Å². The zero-order valence-electron chi connectivity index (χ0n) is 21.4. The quantitative estimate of drug-likeness (QED) is 0.166. The number of esters is 1. The van der Waals surface area contributed by atoms with Gasteiger partial charge in [0.05, 0.1) is 30.8 Å². The summed E-state index contributed by atoms with van der Waals surface area (Å²) < 4.78 is 24.1. The van der Waals surface area contributed by atoms with Gasteiger partial charge in [-0.15, -0.1) is 0 Å². The maximum absolute atomic E-state index is 13.5. The molecule has 1 atom stereocenters. The number of carbonyl (C=O) groups excluding carboxylic acids is 1. The monoisotopic (exact) mass is 589 g/mol. The molecule has 0 saturated heterocycles.